The summed E-state index contributed by atoms with van der Waals surface area (Å²) in [6, 6.07) is 0.495. The number of nitrogens with zero attached hydrogens (tertiary/aromatic N) is 1. The van der Waals surface area contributed by atoms with Gasteiger partial charge < -0.3 is 10.0 Å². The Morgan fingerprint density at radius 1 is 1.36 bits per heavy atom. The third kappa shape index (κ3) is 4.38. The van der Waals surface area contributed by atoms with E-state index in [1.165, 1.54) is 0 Å². The molecule has 0 aromatic rings. The van der Waals surface area contributed by atoms with Crippen molar-refractivity contribution in [2.45, 2.75) is 45.8 Å². The highest BCUT2D eigenvalue weighted by Gasteiger charge is 2.11. The van der Waals surface area contributed by atoms with Crippen LogP contribution in [0.4, 0.5) is 0 Å². The molecular formula is C9H21NO. The molecule has 0 amide bonds. The summed E-state index contributed by atoms with van der Waals surface area (Å²) in [6.07, 6.45) is 1.63. The lowest BCUT2D eigenvalue weighted by molar-refractivity contribution is 0.119. The van der Waals surface area contributed by atoms with E-state index in [1.807, 2.05) is 6.92 Å². The zero-order chi connectivity index (χ0) is 8.85. The standard InChI is InChI=1S/C9H21NO/c1-5-9(11)7-8(3)10(4)6-2/h8-9,11H,5-7H2,1-4H3. The largest absolute Gasteiger partial charge is 0.393 e. The fourth-order valence-corrected chi connectivity index (χ4v) is 1.05. The Labute approximate surface area is 70.2 Å². The van der Waals surface area contributed by atoms with E-state index in [9.17, 15) is 5.11 Å². The molecule has 0 spiro atoms. The average molecular weight is 159 g/mol. The molecule has 2 nitrogen and oxygen atoms in total. The quantitative estimate of drug-likeness (QED) is 0.657. The van der Waals surface area contributed by atoms with Gasteiger partial charge in [-0.25, -0.2) is 0 Å². The van der Waals surface area contributed by atoms with Crippen molar-refractivity contribution >= 4 is 0 Å². The normalized spacial score (nSPS) is 16.9. The number of aliphatic hydroxyl groups excluding tert-OH is 1. The highest BCUT2D eigenvalue weighted by Crippen LogP contribution is 2.06. The molecule has 0 bridgehead atoms. The van der Waals surface area contributed by atoms with E-state index in [-0.39, 0.29) is 6.10 Å². The van der Waals surface area contributed by atoms with Crippen molar-refractivity contribution < 1.29 is 5.11 Å². The van der Waals surface area contributed by atoms with Crippen molar-refractivity contribution in [2.75, 3.05) is 13.6 Å². The predicted molar refractivity (Wildman–Crippen MR) is 48.7 cm³/mol. The maximum Gasteiger partial charge on any atom is 0.0552 e. The van der Waals surface area contributed by atoms with Gasteiger partial charge in [-0.3, -0.25) is 0 Å². The molecule has 0 aromatic carbocycles. The van der Waals surface area contributed by atoms with Gasteiger partial charge in [-0.05, 0) is 33.4 Å². The van der Waals surface area contributed by atoms with Crippen LogP contribution >= 0.6 is 0 Å². The molecular weight excluding hydrogens is 138 g/mol. The summed E-state index contributed by atoms with van der Waals surface area (Å²) < 4.78 is 0. The first-order chi connectivity index (χ1) is 5.11. The molecule has 68 valence electrons. The molecule has 0 fully saturated rings. The van der Waals surface area contributed by atoms with Crippen molar-refractivity contribution in [3.63, 3.8) is 0 Å². The van der Waals surface area contributed by atoms with Gasteiger partial charge in [-0.15, -0.1) is 0 Å². The SMILES string of the molecule is CCC(O)CC(C)N(C)CC. The Morgan fingerprint density at radius 3 is 2.27 bits per heavy atom. The first-order valence-corrected chi connectivity index (χ1v) is 4.50. The van der Waals surface area contributed by atoms with Gasteiger partial charge in [0.05, 0.1) is 6.10 Å². The molecule has 0 heterocycles. The van der Waals surface area contributed by atoms with Gasteiger partial charge >= 0.3 is 0 Å². The van der Waals surface area contributed by atoms with Gasteiger partial charge in [0.15, 0.2) is 0 Å². The smallest absolute Gasteiger partial charge is 0.0552 e. The molecule has 1 N–H and O–H groups in total. The molecule has 0 aliphatic carbocycles. The zero-order valence-corrected chi connectivity index (χ0v) is 8.17. The Bertz CT molecular complexity index is 95.6. The van der Waals surface area contributed by atoms with Crippen molar-refractivity contribution in [3.05, 3.63) is 0 Å². The highest BCUT2D eigenvalue weighted by atomic mass is 16.3. The lowest BCUT2D eigenvalue weighted by atomic mass is 10.1. The molecule has 0 saturated carbocycles. The van der Waals surface area contributed by atoms with E-state index >= 15 is 0 Å². The monoisotopic (exact) mass is 159 g/mol. The maximum atomic E-state index is 9.35. The van der Waals surface area contributed by atoms with Gasteiger partial charge in [0.2, 0.25) is 0 Å². The first-order valence-electron chi connectivity index (χ1n) is 4.50. The molecule has 2 atom stereocenters. The summed E-state index contributed by atoms with van der Waals surface area (Å²) in [6.45, 7) is 7.36. The van der Waals surface area contributed by atoms with Crippen LogP contribution in [0.5, 0.6) is 0 Å². The topological polar surface area (TPSA) is 23.5 Å². The minimum atomic E-state index is -0.126. The summed E-state index contributed by atoms with van der Waals surface area (Å²) >= 11 is 0. The molecule has 0 aromatic heterocycles. The van der Waals surface area contributed by atoms with Gasteiger partial charge in [0.25, 0.3) is 0 Å². The molecule has 11 heavy (non-hydrogen) atoms. The fraction of sp³-hybridized carbons (Fsp3) is 1.00. The molecule has 2 heteroatoms. The lowest BCUT2D eigenvalue weighted by Gasteiger charge is -2.24. The fourth-order valence-electron chi connectivity index (χ4n) is 1.05. The minimum absolute atomic E-state index is 0.126. The van der Waals surface area contributed by atoms with Crippen LogP contribution in [0.3, 0.4) is 0 Å². The van der Waals surface area contributed by atoms with Crippen LogP contribution in [0.1, 0.15) is 33.6 Å². The molecule has 0 aliphatic rings. The van der Waals surface area contributed by atoms with Gasteiger partial charge in [0.1, 0.15) is 0 Å². The predicted octanol–water partition coefficient (Wildman–Crippen LogP) is 1.49. The van der Waals surface area contributed by atoms with E-state index < -0.39 is 0 Å². The van der Waals surface area contributed by atoms with Crippen molar-refractivity contribution in [2.24, 2.45) is 0 Å². The third-order valence-electron chi connectivity index (χ3n) is 2.34. The molecule has 0 saturated heterocycles. The highest BCUT2D eigenvalue weighted by molar-refractivity contribution is 4.66. The molecule has 2 unspecified atom stereocenters. The van der Waals surface area contributed by atoms with E-state index in [2.05, 4.69) is 25.8 Å². The van der Waals surface area contributed by atoms with Gasteiger partial charge in [-0.1, -0.05) is 13.8 Å². The summed E-state index contributed by atoms with van der Waals surface area (Å²) in [7, 11) is 2.09. The van der Waals surface area contributed by atoms with E-state index in [4.69, 9.17) is 0 Å². The van der Waals surface area contributed by atoms with E-state index in [1.54, 1.807) is 0 Å². The number of hydrogen-bond acceptors (Lipinski definition) is 2. The second-order valence-electron chi connectivity index (χ2n) is 3.22. The van der Waals surface area contributed by atoms with Crippen molar-refractivity contribution in [3.8, 4) is 0 Å². The van der Waals surface area contributed by atoms with Crippen molar-refractivity contribution in [1.82, 2.24) is 4.90 Å². The summed E-state index contributed by atoms with van der Waals surface area (Å²) in [4.78, 5) is 2.25. The van der Waals surface area contributed by atoms with Crippen LogP contribution in [0.25, 0.3) is 0 Å². The second kappa shape index (κ2) is 5.56. The van der Waals surface area contributed by atoms with Crippen LogP contribution in [0.2, 0.25) is 0 Å². The Kier molecular flexibility index (Phi) is 5.51. The lowest BCUT2D eigenvalue weighted by Crippen LogP contribution is -2.31. The van der Waals surface area contributed by atoms with Crippen LogP contribution in [-0.2, 0) is 0 Å². The summed E-state index contributed by atoms with van der Waals surface area (Å²) in [5.41, 5.74) is 0. The van der Waals surface area contributed by atoms with Crippen molar-refractivity contribution in [1.29, 1.82) is 0 Å². The Morgan fingerprint density at radius 2 is 1.91 bits per heavy atom. The second-order valence-corrected chi connectivity index (χ2v) is 3.22. The number of aliphatic hydroxyl groups is 1. The molecule has 0 aliphatic heterocycles. The zero-order valence-electron chi connectivity index (χ0n) is 8.17. The Balaban J connectivity index is 3.58. The van der Waals surface area contributed by atoms with Gasteiger partial charge in [0, 0.05) is 6.04 Å². The minimum Gasteiger partial charge on any atom is -0.393 e. The molecule has 0 radical (unpaired) electrons. The van der Waals surface area contributed by atoms with E-state index in [0.29, 0.717) is 6.04 Å². The Hall–Kier alpha value is -0.0800. The van der Waals surface area contributed by atoms with E-state index in [0.717, 1.165) is 19.4 Å². The number of hydrogen-bond donors (Lipinski definition) is 1. The van der Waals surface area contributed by atoms with Crippen LogP contribution in [0.15, 0.2) is 0 Å². The van der Waals surface area contributed by atoms with Crippen LogP contribution in [0, 0.1) is 0 Å². The van der Waals surface area contributed by atoms with Crippen LogP contribution in [-0.4, -0.2) is 35.7 Å². The third-order valence-corrected chi connectivity index (χ3v) is 2.34. The summed E-state index contributed by atoms with van der Waals surface area (Å²) in [5.74, 6) is 0. The average Bonchev–Trinajstić information content (AvgIpc) is 2.02. The maximum absolute atomic E-state index is 9.35. The van der Waals surface area contributed by atoms with Crippen LogP contribution < -0.4 is 0 Å². The number of rotatable bonds is 5. The first kappa shape index (κ1) is 10.9. The summed E-state index contributed by atoms with van der Waals surface area (Å²) in [5, 5.41) is 9.35. The van der Waals surface area contributed by atoms with Gasteiger partial charge in [-0.2, -0.15) is 0 Å². The molecule has 0 rings (SSSR count).